The summed E-state index contributed by atoms with van der Waals surface area (Å²) < 4.78 is 4.67. The second kappa shape index (κ2) is 9.04. The van der Waals surface area contributed by atoms with Gasteiger partial charge in [-0.3, -0.25) is 9.69 Å². The van der Waals surface area contributed by atoms with E-state index in [1.165, 1.54) is 17.6 Å². The minimum atomic E-state index is -0.908. The molecule has 0 atom stereocenters. The summed E-state index contributed by atoms with van der Waals surface area (Å²) in [6.45, 7) is 6.68. The quantitative estimate of drug-likeness (QED) is 0.476. The monoisotopic (exact) mass is 417 g/mol. The van der Waals surface area contributed by atoms with Crippen LogP contribution in [-0.4, -0.2) is 24.1 Å². The molecule has 31 heavy (non-hydrogen) atoms. The van der Waals surface area contributed by atoms with Gasteiger partial charge in [0.2, 0.25) is 0 Å². The summed E-state index contributed by atoms with van der Waals surface area (Å²) in [4.78, 5) is 26.1. The Morgan fingerprint density at radius 3 is 1.84 bits per heavy atom. The third-order valence-electron chi connectivity index (χ3n) is 5.15. The number of phenols is 1. The Kier molecular flexibility index (Phi) is 6.44. The van der Waals surface area contributed by atoms with Gasteiger partial charge in [-0.05, 0) is 51.9 Å². The molecular weight excluding hydrogens is 390 g/mol. The van der Waals surface area contributed by atoms with Crippen molar-refractivity contribution in [3.05, 3.63) is 83.9 Å². The van der Waals surface area contributed by atoms with Crippen molar-refractivity contribution in [2.45, 2.75) is 32.7 Å². The predicted molar refractivity (Wildman–Crippen MR) is 122 cm³/mol. The number of hydrogen-bond donors (Lipinski definition) is 1. The standard InChI is InChI=1S/C26H27NO4/c1-26(2,3)21-11-5-18(6-12-21)17-27(24(29)25(30)31-4)22-13-7-19(8-14-22)20-9-15-23(28)16-10-20/h5-16,28H,17H2,1-4H3. The van der Waals surface area contributed by atoms with Gasteiger partial charge in [0.25, 0.3) is 0 Å². The van der Waals surface area contributed by atoms with Gasteiger partial charge in [0.15, 0.2) is 0 Å². The molecule has 0 fully saturated rings. The molecule has 5 nitrogen and oxygen atoms in total. The van der Waals surface area contributed by atoms with E-state index in [1.54, 1.807) is 24.3 Å². The zero-order chi connectivity index (χ0) is 22.6. The minimum Gasteiger partial charge on any atom is -0.508 e. The molecule has 0 spiro atoms. The zero-order valence-electron chi connectivity index (χ0n) is 18.3. The number of amides is 1. The molecule has 0 radical (unpaired) electrons. The first-order valence-corrected chi connectivity index (χ1v) is 10.1. The number of carbonyl (C=O) groups is 2. The smallest absolute Gasteiger partial charge is 0.397 e. The number of hydrogen-bond acceptors (Lipinski definition) is 4. The summed E-state index contributed by atoms with van der Waals surface area (Å²) in [5, 5.41) is 9.47. The fourth-order valence-electron chi connectivity index (χ4n) is 3.26. The second-order valence-electron chi connectivity index (χ2n) is 8.42. The van der Waals surface area contributed by atoms with E-state index in [9.17, 15) is 14.7 Å². The number of aromatic hydroxyl groups is 1. The van der Waals surface area contributed by atoms with Crippen LogP contribution in [0.1, 0.15) is 31.9 Å². The van der Waals surface area contributed by atoms with Gasteiger partial charge in [0.1, 0.15) is 5.75 Å². The predicted octanol–water partition coefficient (Wildman–Crippen LogP) is 5.06. The van der Waals surface area contributed by atoms with Crippen molar-refractivity contribution in [1.29, 1.82) is 0 Å². The van der Waals surface area contributed by atoms with E-state index in [4.69, 9.17) is 0 Å². The van der Waals surface area contributed by atoms with Gasteiger partial charge in [0.05, 0.1) is 13.7 Å². The van der Waals surface area contributed by atoms with Gasteiger partial charge in [-0.2, -0.15) is 0 Å². The SMILES string of the molecule is COC(=O)C(=O)N(Cc1ccc(C(C)(C)C)cc1)c1ccc(-c2ccc(O)cc2)cc1. The second-order valence-corrected chi connectivity index (χ2v) is 8.42. The number of methoxy groups -OCH3 is 1. The maximum Gasteiger partial charge on any atom is 0.397 e. The highest BCUT2D eigenvalue weighted by Crippen LogP contribution is 2.27. The van der Waals surface area contributed by atoms with Crippen LogP contribution in [-0.2, 0) is 26.3 Å². The molecule has 0 unspecified atom stereocenters. The van der Waals surface area contributed by atoms with E-state index in [-0.39, 0.29) is 17.7 Å². The largest absolute Gasteiger partial charge is 0.508 e. The lowest BCUT2D eigenvalue weighted by atomic mass is 9.87. The van der Waals surface area contributed by atoms with Crippen LogP contribution in [0, 0.1) is 0 Å². The first kappa shape index (κ1) is 22.1. The van der Waals surface area contributed by atoms with Crippen LogP contribution in [0.25, 0.3) is 11.1 Å². The van der Waals surface area contributed by atoms with Gasteiger partial charge < -0.3 is 9.84 Å². The van der Waals surface area contributed by atoms with Crippen LogP contribution < -0.4 is 4.90 Å². The van der Waals surface area contributed by atoms with Gasteiger partial charge in [-0.15, -0.1) is 0 Å². The summed E-state index contributed by atoms with van der Waals surface area (Å²) in [6.07, 6.45) is 0. The molecule has 3 rings (SSSR count). The Labute approximate surface area is 182 Å². The van der Waals surface area contributed by atoms with E-state index >= 15 is 0 Å². The highest BCUT2D eigenvalue weighted by atomic mass is 16.5. The molecule has 0 heterocycles. The average Bonchev–Trinajstić information content (AvgIpc) is 2.77. The fourth-order valence-corrected chi connectivity index (χ4v) is 3.26. The third-order valence-corrected chi connectivity index (χ3v) is 5.15. The third kappa shape index (κ3) is 5.31. The molecule has 5 heteroatoms. The molecule has 0 aliphatic carbocycles. The Morgan fingerprint density at radius 2 is 1.35 bits per heavy atom. The molecule has 0 aliphatic rings. The normalized spacial score (nSPS) is 11.1. The maximum atomic E-state index is 12.7. The van der Waals surface area contributed by atoms with Crippen LogP contribution in [0.2, 0.25) is 0 Å². The number of phenolic OH excluding ortho intramolecular Hbond substituents is 1. The van der Waals surface area contributed by atoms with Crippen LogP contribution in [0.4, 0.5) is 5.69 Å². The first-order chi connectivity index (χ1) is 14.7. The molecule has 0 saturated carbocycles. The molecule has 0 aromatic heterocycles. The van der Waals surface area contributed by atoms with Gasteiger partial charge in [-0.1, -0.05) is 69.3 Å². The molecular formula is C26H27NO4. The Balaban J connectivity index is 1.89. The molecule has 3 aromatic rings. The van der Waals surface area contributed by atoms with Crippen LogP contribution >= 0.6 is 0 Å². The fraction of sp³-hybridized carbons (Fsp3) is 0.231. The van der Waals surface area contributed by atoms with E-state index in [0.717, 1.165) is 16.7 Å². The highest BCUT2D eigenvalue weighted by Gasteiger charge is 2.24. The van der Waals surface area contributed by atoms with Crippen molar-refractivity contribution in [3.63, 3.8) is 0 Å². The lowest BCUT2D eigenvalue weighted by Gasteiger charge is -2.23. The Bertz CT molecular complexity index is 1050. The number of anilines is 1. The number of esters is 1. The van der Waals surface area contributed by atoms with E-state index in [0.29, 0.717) is 5.69 Å². The van der Waals surface area contributed by atoms with E-state index < -0.39 is 11.9 Å². The van der Waals surface area contributed by atoms with E-state index in [2.05, 4.69) is 25.5 Å². The molecule has 3 aromatic carbocycles. The Hall–Kier alpha value is -3.60. The van der Waals surface area contributed by atoms with Crippen molar-refractivity contribution >= 4 is 17.6 Å². The van der Waals surface area contributed by atoms with Crippen molar-refractivity contribution in [1.82, 2.24) is 0 Å². The number of nitrogens with zero attached hydrogens (tertiary/aromatic N) is 1. The van der Waals surface area contributed by atoms with Crippen molar-refractivity contribution in [2.24, 2.45) is 0 Å². The van der Waals surface area contributed by atoms with Crippen molar-refractivity contribution in [2.75, 3.05) is 12.0 Å². The summed E-state index contributed by atoms with van der Waals surface area (Å²) in [5.41, 5.74) is 4.60. The molecule has 0 saturated heterocycles. The highest BCUT2D eigenvalue weighted by molar-refractivity contribution is 6.38. The maximum absolute atomic E-state index is 12.7. The number of ether oxygens (including phenoxy) is 1. The summed E-state index contributed by atoms with van der Waals surface area (Å²) in [5.74, 6) is -1.43. The summed E-state index contributed by atoms with van der Waals surface area (Å²) in [6, 6.07) is 22.3. The average molecular weight is 418 g/mol. The number of rotatable bonds is 4. The molecule has 1 amide bonds. The first-order valence-electron chi connectivity index (χ1n) is 10.1. The van der Waals surface area contributed by atoms with Crippen LogP contribution in [0.3, 0.4) is 0 Å². The van der Waals surface area contributed by atoms with Crippen LogP contribution in [0.5, 0.6) is 5.75 Å². The Morgan fingerprint density at radius 1 is 0.839 bits per heavy atom. The van der Waals surface area contributed by atoms with Crippen molar-refractivity contribution in [3.8, 4) is 16.9 Å². The number of benzene rings is 3. The van der Waals surface area contributed by atoms with Crippen molar-refractivity contribution < 1.29 is 19.4 Å². The van der Waals surface area contributed by atoms with Crippen LogP contribution in [0.15, 0.2) is 72.8 Å². The van der Waals surface area contributed by atoms with E-state index in [1.807, 2.05) is 48.5 Å². The van der Waals surface area contributed by atoms with Gasteiger partial charge >= 0.3 is 11.9 Å². The summed E-state index contributed by atoms with van der Waals surface area (Å²) in [7, 11) is 1.20. The molecule has 0 aliphatic heterocycles. The lowest BCUT2D eigenvalue weighted by molar-refractivity contribution is -0.151. The molecule has 160 valence electrons. The number of carbonyl (C=O) groups excluding carboxylic acids is 2. The van der Waals surface area contributed by atoms with Gasteiger partial charge in [0, 0.05) is 5.69 Å². The zero-order valence-corrected chi connectivity index (χ0v) is 18.3. The molecule has 0 bridgehead atoms. The summed E-state index contributed by atoms with van der Waals surface area (Å²) >= 11 is 0. The molecule has 1 N–H and O–H groups in total. The topological polar surface area (TPSA) is 66.8 Å². The minimum absolute atomic E-state index is 0.0319. The lowest BCUT2D eigenvalue weighted by Crippen LogP contribution is -2.36. The van der Waals surface area contributed by atoms with Gasteiger partial charge in [-0.25, -0.2) is 4.79 Å².